The average Bonchev–Trinajstić information content (AvgIpc) is 2.88. The fourth-order valence-electron chi connectivity index (χ4n) is 2.21. The summed E-state index contributed by atoms with van der Waals surface area (Å²) in [4.78, 5) is 26.8. The first-order valence-electron chi connectivity index (χ1n) is 6.22. The van der Waals surface area contributed by atoms with Crippen molar-refractivity contribution in [1.29, 1.82) is 0 Å². The number of aromatic nitrogens is 1. The zero-order valence-electron chi connectivity index (χ0n) is 11.0. The van der Waals surface area contributed by atoms with Gasteiger partial charge in [-0.3, -0.25) is 9.69 Å². The van der Waals surface area contributed by atoms with Crippen molar-refractivity contribution in [1.82, 2.24) is 15.0 Å². The van der Waals surface area contributed by atoms with E-state index in [0.29, 0.717) is 19.1 Å². The van der Waals surface area contributed by atoms with Crippen LogP contribution in [0.4, 0.5) is 0 Å². The van der Waals surface area contributed by atoms with E-state index in [1.807, 2.05) is 7.05 Å². The molecule has 0 aliphatic carbocycles. The second kappa shape index (κ2) is 5.40. The highest BCUT2D eigenvalue weighted by Gasteiger charge is 2.28. The molecule has 2 rings (SSSR count). The number of carbonyl (C=O) groups excluding carboxylic acids is 1. The van der Waals surface area contributed by atoms with Gasteiger partial charge in [-0.05, 0) is 13.5 Å². The van der Waals surface area contributed by atoms with Crippen LogP contribution in [0.25, 0.3) is 0 Å². The lowest BCUT2D eigenvalue weighted by Gasteiger charge is -2.38. The van der Waals surface area contributed by atoms with E-state index >= 15 is 0 Å². The van der Waals surface area contributed by atoms with Crippen molar-refractivity contribution in [3.05, 3.63) is 17.5 Å². The largest absolute Gasteiger partial charge is 0.475 e. The number of carboxylic acid groups (broad SMARTS) is 1. The monoisotopic (exact) mass is 267 g/mol. The number of likely N-dealkylation sites (N-methyl/N-ethyl adjacent to an activating group) is 1. The zero-order chi connectivity index (χ0) is 14.0. The van der Waals surface area contributed by atoms with Crippen LogP contribution in [-0.2, 0) is 0 Å². The van der Waals surface area contributed by atoms with Gasteiger partial charge >= 0.3 is 5.97 Å². The van der Waals surface area contributed by atoms with E-state index in [0.717, 1.165) is 13.0 Å². The Labute approximate surface area is 110 Å². The molecule has 1 aromatic heterocycles. The molecule has 0 saturated carbocycles. The maximum absolute atomic E-state index is 12.2. The normalized spacial score (nSPS) is 20.5. The quantitative estimate of drug-likeness (QED) is 0.860. The molecule has 7 nitrogen and oxygen atoms in total. The molecule has 104 valence electrons. The lowest BCUT2D eigenvalue weighted by atomic mass is 10.1. The molecule has 1 aromatic rings. The van der Waals surface area contributed by atoms with Crippen molar-refractivity contribution in [3.8, 4) is 0 Å². The summed E-state index contributed by atoms with van der Waals surface area (Å²) in [7, 11) is 2.04. The number of rotatable bonds is 3. The number of amides is 1. The third-order valence-corrected chi connectivity index (χ3v) is 3.48. The van der Waals surface area contributed by atoms with Gasteiger partial charge in [0.05, 0.1) is 0 Å². The minimum absolute atomic E-state index is 0.0526. The van der Waals surface area contributed by atoms with E-state index in [-0.39, 0.29) is 17.4 Å². The molecule has 1 unspecified atom stereocenters. The van der Waals surface area contributed by atoms with Crippen LogP contribution in [0.5, 0.6) is 0 Å². The SMILES string of the molecule is CCC1CN(C(=O)c2cc(C(=O)O)on2)CCN1C. The van der Waals surface area contributed by atoms with Crippen LogP contribution >= 0.6 is 0 Å². The summed E-state index contributed by atoms with van der Waals surface area (Å²) in [5.41, 5.74) is 0.0526. The van der Waals surface area contributed by atoms with E-state index in [9.17, 15) is 9.59 Å². The molecular weight excluding hydrogens is 250 g/mol. The molecule has 0 spiro atoms. The van der Waals surface area contributed by atoms with Crippen LogP contribution in [0.2, 0.25) is 0 Å². The molecule has 1 atom stereocenters. The van der Waals surface area contributed by atoms with Gasteiger partial charge in [-0.25, -0.2) is 4.79 Å². The fourth-order valence-corrected chi connectivity index (χ4v) is 2.21. The molecule has 1 aliphatic heterocycles. The van der Waals surface area contributed by atoms with Gasteiger partial charge in [-0.2, -0.15) is 0 Å². The first-order valence-corrected chi connectivity index (χ1v) is 6.22. The number of aromatic carboxylic acids is 1. The minimum Gasteiger partial charge on any atom is -0.475 e. The Hall–Kier alpha value is -1.89. The van der Waals surface area contributed by atoms with Gasteiger partial charge in [-0.1, -0.05) is 12.1 Å². The standard InChI is InChI=1S/C12H17N3O4/c1-3-8-7-15(5-4-14(8)2)11(16)9-6-10(12(17)18)19-13-9/h6,8H,3-5,7H2,1-2H3,(H,17,18). The Morgan fingerprint density at radius 1 is 1.53 bits per heavy atom. The molecule has 1 amide bonds. The summed E-state index contributed by atoms with van der Waals surface area (Å²) in [5.74, 6) is -1.82. The Kier molecular flexibility index (Phi) is 3.84. The molecule has 19 heavy (non-hydrogen) atoms. The van der Waals surface area contributed by atoms with Crippen molar-refractivity contribution < 1.29 is 19.2 Å². The van der Waals surface area contributed by atoms with E-state index < -0.39 is 5.97 Å². The van der Waals surface area contributed by atoms with Gasteiger partial charge in [0.15, 0.2) is 5.69 Å². The smallest absolute Gasteiger partial charge is 0.374 e. The topological polar surface area (TPSA) is 86.9 Å². The van der Waals surface area contributed by atoms with Gasteiger partial charge in [-0.15, -0.1) is 0 Å². The second-order valence-corrected chi connectivity index (χ2v) is 4.68. The third-order valence-electron chi connectivity index (χ3n) is 3.48. The number of hydrogen-bond acceptors (Lipinski definition) is 5. The first-order chi connectivity index (χ1) is 9.02. The summed E-state index contributed by atoms with van der Waals surface area (Å²) < 4.78 is 4.60. The highest BCUT2D eigenvalue weighted by Crippen LogP contribution is 2.14. The van der Waals surface area contributed by atoms with Crippen molar-refractivity contribution in [2.75, 3.05) is 26.7 Å². The van der Waals surface area contributed by atoms with E-state index in [1.165, 1.54) is 6.07 Å². The van der Waals surface area contributed by atoms with Crippen molar-refractivity contribution in [3.63, 3.8) is 0 Å². The molecular formula is C12H17N3O4. The fraction of sp³-hybridized carbons (Fsp3) is 0.583. The summed E-state index contributed by atoms with van der Waals surface area (Å²) in [6.07, 6.45) is 0.958. The predicted octanol–water partition coefficient (Wildman–Crippen LogP) is 0.539. The second-order valence-electron chi connectivity index (χ2n) is 4.68. The number of carboxylic acids is 1. The van der Waals surface area contributed by atoms with Gasteiger partial charge in [0.25, 0.3) is 5.91 Å². The van der Waals surface area contributed by atoms with Crippen LogP contribution in [0, 0.1) is 0 Å². The highest BCUT2D eigenvalue weighted by molar-refractivity contribution is 5.94. The number of piperazine rings is 1. The van der Waals surface area contributed by atoms with Gasteiger partial charge in [0.2, 0.25) is 5.76 Å². The van der Waals surface area contributed by atoms with Crippen molar-refractivity contribution >= 4 is 11.9 Å². The number of carbonyl (C=O) groups is 2. The zero-order valence-corrected chi connectivity index (χ0v) is 11.0. The molecule has 0 radical (unpaired) electrons. The lowest BCUT2D eigenvalue weighted by molar-refractivity contribution is 0.0530. The van der Waals surface area contributed by atoms with E-state index in [4.69, 9.17) is 5.11 Å². The minimum atomic E-state index is -1.23. The molecule has 2 heterocycles. The van der Waals surface area contributed by atoms with Gasteiger partial charge in [0, 0.05) is 31.7 Å². The highest BCUT2D eigenvalue weighted by atomic mass is 16.5. The molecule has 0 aromatic carbocycles. The van der Waals surface area contributed by atoms with Crippen molar-refractivity contribution in [2.45, 2.75) is 19.4 Å². The maximum atomic E-state index is 12.2. The first kappa shape index (κ1) is 13.5. The van der Waals surface area contributed by atoms with E-state index in [2.05, 4.69) is 21.5 Å². The van der Waals surface area contributed by atoms with Crippen LogP contribution in [0.3, 0.4) is 0 Å². The average molecular weight is 267 g/mol. The number of nitrogens with zero attached hydrogens (tertiary/aromatic N) is 3. The van der Waals surface area contributed by atoms with Crippen LogP contribution in [-0.4, -0.2) is 64.7 Å². The Morgan fingerprint density at radius 2 is 2.26 bits per heavy atom. The molecule has 0 bridgehead atoms. The molecule has 1 aliphatic rings. The summed E-state index contributed by atoms with van der Waals surface area (Å²) in [6, 6.07) is 1.49. The van der Waals surface area contributed by atoms with Crippen LogP contribution in [0.15, 0.2) is 10.6 Å². The van der Waals surface area contributed by atoms with E-state index in [1.54, 1.807) is 4.90 Å². The third kappa shape index (κ3) is 2.76. The molecule has 1 saturated heterocycles. The molecule has 7 heteroatoms. The lowest BCUT2D eigenvalue weighted by Crippen LogP contribution is -2.53. The maximum Gasteiger partial charge on any atom is 0.374 e. The molecule has 1 N–H and O–H groups in total. The predicted molar refractivity (Wildman–Crippen MR) is 66.1 cm³/mol. The molecule has 1 fully saturated rings. The summed E-state index contributed by atoms with van der Waals surface area (Å²) in [6.45, 7) is 4.11. The Bertz CT molecular complexity index is 485. The Morgan fingerprint density at radius 3 is 2.84 bits per heavy atom. The summed E-state index contributed by atoms with van der Waals surface area (Å²) >= 11 is 0. The van der Waals surface area contributed by atoms with Gasteiger partial charge < -0.3 is 14.5 Å². The Balaban J connectivity index is 2.08. The van der Waals surface area contributed by atoms with Crippen LogP contribution < -0.4 is 0 Å². The number of hydrogen-bond donors (Lipinski definition) is 1. The van der Waals surface area contributed by atoms with Crippen LogP contribution in [0.1, 0.15) is 34.4 Å². The summed E-state index contributed by atoms with van der Waals surface area (Å²) in [5, 5.41) is 12.3. The van der Waals surface area contributed by atoms with Crippen molar-refractivity contribution in [2.24, 2.45) is 0 Å². The van der Waals surface area contributed by atoms with Gasteiger partial charge in [0.1, 0.15) is 0 Å².